The summed E-state index contributed by atoms with van der Waals surface area (Å²) >= 11 is 0. The van der Waals surface area contributed by atoms with Gasteiger partial charge < -0.3 is 15.3 Å². The summed E-state index contributed by atoms with van der Waals surface area (Å²) < 4.78 is 13.4. The van der Waals surface area contributed by atoms with Crippen molar-refractivity contribution in [3.05, 3.63) is 35.6 Å². The molecule has 1 aromatic rings. The van der Waals surface area contributed by atoms with E-state index < -0.39 is 23.6 Å². The highest BCUT2D eigenvalue weighted by atomic mass is 19.1. The van der Waals surface area contributed by atoms with Crippen LogP contribution in [0.2, 0.25) is 0 Å². The van der Waals surface area contributed by atoms with Gasteiger partial charge >= 0.3 is 5.97 Å². The molecule has 2 N–H and O–H groups in total. The van der Waals surface area contributed by atoms with Crippen molar-refractivity contribution in [3.8, 4) is 0 Å². The third-order valence-corrected chi connectivity index (χ3v) is 3.41. The molecule has 2 rings (SSSR count). The SMILES string of the molecule is O=C(NCC(=O)N1CCC(C(=O)O)C1)c1ccccc1F. The third kappa shape index (κ3) is 3.56. The zero-order chi connectivity index (χ0) is 15.4. The predicted molar refractivity (Wildman–Crippen MR) is 71.1 cm³/mol. The number of nitrogens with one attached hydrogen (secondary N) is 1. The number of rotatable bonds is 4. The first-order valence-electron chi connectivity index (χ1n) is 6.52. The van der Waals surface area contributed by atoms with E-state index in [2.05, 4.69) is 5.32 Å². The maximum absolute atomic E-state index is 13.4. The Morgan fingerprint density at radius 3 is 2.67 bits per heavy atom. The molecular formula is C14H15FN2O4. The second kappa shape index (κ2) is 6.34. The fourth-order valence-corrected chi connectivity index (χ4v) is 2.20. The zero-order valence-corrected chi connectivity index (χ0v) is 11.2. The number of carboxylic acids is 1. The zero-order valence-electron chi connectivity index (χ0n) is 11.2. The molecule has 0 aromatic heterocycles. The van der Waals surface area contributed by atoms with Crippen LogP contribution in [0.5, 0.6) is 0 Å². The Labute approximate surface area is 120 Å². The highest BCUT2D eigenvalue weighted by Crippen LogP contribution is 2.16. The first-order valence-corrected chi connectivity index (χ1v) is 6.52. The second-order valence-corrected chi connectivity index (χ2v) is 4.83. The lowest BCUT2D eigenvalue weighted by atomic mass is 10.1. The minimum atomic E-state index is -0.930. The van der Waals surface area contributed by atoms with E-state index in [-0.39, 0.29) is 24.6 Å². The number of halogens is 1. The molecule has 1 unspecified atom stereocenters. The molecule has 112 valence electrons. The maximum Gasteiger partial charge on any atom is 0.308 e. The van der Waals surface area contributed by atoms with Gasteiger partial charge in [-0.1, -0.05) is 12.1 Å². The summed E-state index contributed by atoms with van der Waals surface area (Å²) in [5, 5.41) is 11.2. The van der Waals surface area contributed by atoms with E-state index in [1.165, 1.54) is 23.1 Å². The van der Waals surface area contributed by atoms with Crippen LogP contribution in [0, 0.1) is 11.7 Å². The van der Waals surface area contributed by atoms with Gasteiger partial charge in [-0.3, -0.25) is 14.4 Å². The molecule has 1 aliphatic heterocycles. The second-order valence-electron chi connectivity index (χ2n) is 4.83. The monoisotopic (exact) mass is 294 g/mol. The fourth-order valence-electron chi connectivity index (χ4n) is 2.20. The van der Waals surface area contributed by atoms with Gasteiger partial charge in [-0.2, -0.15) is 0 Å². The predicted octanol–water partition coefficient (Wildman–Crippen LogP) is 0.489. The maximum atomic E-state index is 13.4. The Hall–Kier alpha value is -2.44. The Bertz CT molecular complexity index is 576. The molecule has 0 aliphatic carbocycles. The van der Waals surface area contributed by atoms with E-state index in [4.69, 9.17) is 5.11 Å². The summed E-state index contributed by atoms with van der Waals surface area (Å²) in [6, 6.07) is 5.48. The van der Waals surface area contributed by atoms with Crippen LogP contribution in [0.15, 0.2) is 24.3 Å². The van der Waals surface area contributed by atoms with Crippen molar-refractivity contribution >= 4 is 17.8 Å². The van der Waals surface area contributed by atoms with Gasteiger partial charge in [0.1, 0.15) is 5.82 Å². The molecule has 1 heterocycles. The minimum Gasteiger partial charge on any atom is -0.481 e. The van der Waals surface area contributed by atoms with Crippen molar-refractivity contribution in [3.63, 3.8) is 0 Å². The van der Waals surface area contributed by atoms with Crippen molar-refractivity contribution in [1.29, 1.82) is 0 Å². The molecule has 0 spiro atoms. The molecule has 6 nitrogen and oxygen atoms in total. The van der Waals surface area contributed by atoms with E-state index in [1.807, 2.05) is 0 Å². The molecule has 1 aromatic carbocycles. The van der Waals surface area contributed by atoms with Crippen molar-refractivity contribution in [1.82, 2.24) is 10.2 Å². The third-order valence-electron chi connectivity index (χ3n) is 3.41. The van der Waals surface area contributed by atoms with Gasteiger partial charge in [0.25, 0.3) is 5.91 Å². The first-order chi connectivity index (χ1) is 9.99. The molecule has 2 amide bonds. The van der Waals surface area contributed by atoms with Crippen LogP contribution >= 0.6 is 0 Å². The largest absolute Gasteiger partial charge is 0.481 e. The normalized spacial score (nSPS) is 17.6. The summed E-state index contributed by atoms with van der Waals surface area (Å²) in [7, 11) is 0. The average molecular weight is 294 g/mol. The standard InChI is InChI=1S/C14H15FN2O4/c15-11-4-2-1-3-10(11)13(19)16-7-12(18)17-6-5-9(8-17)14(20)21/h1-4,9H,5-8H2,(H,16,19)(H,20,21). The van der Waals surface area contributed by atoms with Crippen molar-refractivity contribution in [2.75, 3.05) is 19.6 Å². The summed E-state index contributed by atoms with van der Waals surface area (Å²) in [4.78, 5) is 35.8. The van der Waals surface area contributed by atoms with Crippen molar-refractivity contribution < 1.29 is 23.9 Å². The molecule has 1 atom stereocenters. The van der Waals surface area contributed by atoms with E-state index in [0.717, 1.165) is 6.07 Å². The Morgan fingerprint density at radius 2 is 2.05 bits per heavy atom. The van der Waals surface area contributed by atoms with Crippen LogP contribution in [0.1, 0.15) is 16.8 Å². The van der Waals surface area contributed by atoms with Crippen LogP contribution in [0.25, 0.3) is 0 Å². The molecule has 7 heteroatoms. The van der Waals surface area contributed by atoms with E-state index in [1.54, 1.807) is 0 Å². The number of likely N-dealkylation sites (tertiary alicyclic amines) is 1. The van der Waals surface area contributed by atoms with Crippen LogP contribution in [0.3, 0.4) is 0 Å². The quantitative estimate of drug-likeness (QED) is 0.846. The molecular weight excluding hydrogens is 279 g/mol. The Kier molecular flexibility index (Phi) is 4.52. The van der Waals surface area contributed by atoms with Gasteiger partial charge in [0.15, 0.2) is 0 Å². The topological polar surface area (TPSA) is 86.7 Å². The first kappa shape index (κ1) is 15.0. The van der Waals surface area contributed by atoms with Gasteiger partial charge in [0.2, 0.25) is 5.91 Å². The van der Waals surface area contributed by atoms with Crippen LogP contribution < -0.4 is 5.32 Å². The number of carboxylic acid groups (broad SMARTS) is 1. The van der Waals surface area contributed by atoms with Gasteiger partial charge in [-0.25, -0.2) is 4.39 Å². The van der Waals surface area contributed by atoms with E-state index >= 15 is 0 Å². The van der Waals surface area contributed by atoms with Gasteiger partial charge in [-0.05, 0) is 18.6 Å². The molecule has 1 fully saturated rings. The number of nitrogens with zero attached hydrogens (tertiary/aromatic N) is 1. The summed E-state index contributed by atoms with van der Waals surface area (Å²) in [5.41, 5.74) is -0.130. The van der Waals surface area contributed by atoms with E-state index in [0.29, 0.717) is 13.0 Å². The van der Waals surface area contributed by atoms with Crippen LogP contribution in [0.4, 0.5) is 4.39 Å². The van der Waals surface area contributed by atoms with Crippen LogP contribution in [-0.4, -0.2) is 47.4 Å². The lowest BCUT2D eigenvalue weighted by molar-refractivity contribution is -0.141. The minimum absolute atomic E-state index is 0.130. The number of carbonyl (C=O) groups excluding carboxylic acids is 2. The fraction of sp³-hybridized carbons (Fsp3) is 0.357. The summed E-state index contributed by atoms with van der Waals surface area (Å²) in [5.74, 6) is -3.19. The van der Waals surface area contributed by atoms with Gasteiger partial charge in [0, 0.05) is 13.1 Å². The van der Waals surface area contributed by atoms with E-state index in [9.17, 15) is 18.8 Å². The number of aliphatic carboxylic acids is 1. The lowest BCUT2D eigenvalue weighted by Crippen LogP contribution is -2.39. The molecule has 21 heavy (non-hydrogen) atoms. The van der Waals surface area contributed by atoms with Gasteiger partial charge in [0.05, 0.1) is 18.0 Å². The number of benzene rings is 1. The molecule has 0 saturated carbocycles. The Morgan fingerprint density at radius 1 is 1.33 bits per heavy atom. The summed E-state index contributed by atoms with van der Waals surface area (Å²) in [6.07, 6.45) is 0.405. The number of amides is 2. The Balaban J connectivity index is 1.86. The molecule has 0 radical (unpaired) electrons. The summed E-state index contributed by atoms with van der Waals surface area (Å²) in [6.45, 7) is 0.217. The molecule has 1 aliphatic rings. The number of hydrogen-bond donors (Lipinski definition) is 2. The van der Waals surface area contributed by atoms with Crippen LogP contribution in [-0.2, 0) is 9.59 Å². The molecule has 0 bridgehead atoms. The van der Waals surface area contributed by atoms with Crippen molar-refractivity contribution in [2.45, 2.75) is 6.42 Å². The highest BCUT2D eigenvalue weighted by Gasteiger charge is 2.30. The molecule has 1 saturated heterocycles. The van der Waals surface area contributed by atoms with Crippen molar-refractivity contribution in [2.24, 2.45) is 5.92 Å². The van der Waals surface area contributed by atoms with Gasteiger partial charge in [-0.15, -0.1) is 0 Å². The number of hydrogen-bond acceptors (Lipinski definition) is 3. The number of carbonyl (C=O) groups is 3. The highest BCUT2D eigenvalue weighted by molar-refractivity contribution is 5.96. The lowest BCUT2D eigenvalue weighted by Gasteiger charge is -2.16. The average Bonchev–Trinajstić information content (AvgIpc) is 2.95. The smallest absolute Gasteiger partial charge is 0.308 e.